The van der Waals surface area contributed by atoms with Crippen LogP contribution in [0.25, 0.3) is 11.4 Å². The highest BCUT2D eigenvalue weighted by Gasteiger charge is 2.26. The van der Waals surface area contributed by atoms with Crippen molar-refractivity contribution in [3.8, 4) is 11.4 Å². The van der Waals surface area contributed by atoms with Gasteiger partial charge in [0.05, 0.1) is 10.4 Å². The van der Waals surface area contributed by atoms with Gasteiger partial charge in [0.15, 0.2) is 0 Å². The first kappa shape index (κ1) is 12.1. The molecule has 2 rings (SSSR count). The lowest BCUT2D eigenvalue weighted by Gasteiger charge is -2.15. The maximum Gasteiger partial charge on any atom is 0.233 e. The Balaban J connectivity index is 2.40. The van der Waals surface area contributed by atoms with E-state index in [4.69, 9.17) is 21.9 Å². The number of benzene rings is 1. The molecule has 1 aromatic heterocycles. The fourth-order valence-corrected chi connectivity index (χ4v) is 1.56. The van der Waals surface area contributed by atoms with Crippen molar-refractivity contribution in [3.63, 3.8) is 0 Å². The zero-order valence-corrected chi connectivity index (χ0v) is 10.5. The second-order valence-corrected chi connectivity index (χ2v) is 4.90. The van der Waals surface area contributed by atoms with E-state index in [9.17, 15) is 0 Å². The van der Waals surface area contributed by atoms with Crippen LogP contribution in [0.3, 0.4) is 0 Å². The molecule has 17 heavy (non-hydrogen) atoms. The standard InChI is InChI=1S/C12H14ClN3O/c1-12(2,7-14)11-15-10(16-17-11)8-5-3-4-6-9(8)13/h3-6H,7,14H2,1-2H3. The molecule has 2 N–H and O–H groups in total. The second-order valence-electron chi connectivity index (χ2n) is 4.49. The van der Waals surface area contributed by atoms with E-state index in [-0.39, 0.29) is 5.41 Å². The van der Waals surface area contributed by atoms with Crippen LogP contribution in [-0.2, 0) is 5.41 Å². The summed E-state index contributed by atoms with van der Waals surface area (Å²) in [6.07, 6.45) is 0. The van der Waals surface area contributed by atoms with Crippen molar-refractivity contribution in [2.24, 2.45) is 5.73 Å². The minimum absolute atomic E-state index is 0.327. The minimum atomic E-state index is -0.327. The smallest absolute Gasteiger partial charge is 0.233 e. The molecule has 0 radical (unpaired) electrons. The van der Waals surface area contributed by atoms with Crippen molar-refractivity contribution in [3.05, 3.63) is 35.2 Å². The van der Waals surface area contributed by atoms with Gasteiger partial charge in [0.1, 0.15) is 0 Å². The van der Waals surface area contributed by atoms with Crippen molar-refractivity contribution in [1.29, 1.82) is 0 Å². The van der Waals surface area contributed by atoms with Crippen LogP contribution >= 0.6 is 11.6 Å². The summed E-state index contributed by atoms with van der Waals surface area (Å²) in [5.41, 5.74) is 6.10. The van der Waals surface area contributed by atoms with Gasteiger partial charge >= 0.3 is 0 Å². The molecule has 1 heterocycles. The Morgan fingerprint density at radius 2 is 2.06 bits per heavy atom. The SMILES string of the molecule is CC(C)(CN)c1nc(-c2ccccc2Cl)no1. The predicted molar refractivity (Wildman–Crippen MR) is 66.8 cm³/mol. The Morgan fingerprint density at radius 1 is 1.35 bits per heavy atom. The molecule has 1 aromatic carbocycles. The van der Waals surface area contributed by atoms with Crippen molar-refractivity contribution in [2.45, 2.75) is 19.3 Å². The highest BCUT2D eigenvalue weighted by molar-refractivity contribution is 6.33. The Kier molecular flexibility index (Phi) is 3.17. The fraction of sp³-hybridized carbons (Fsp3) is 0.333. The quantitative estimate of drug-likeness (QED) is 0.911. The lowest BCUT2D eigenvalue weighted by molar-refractivity contribution is 0.311. The third-order valence-electron chi connectivity index (χ3n) is 2.63. The molecule has 0 saturated heterocycles. The molecule has 2 aromatic rings. The zero-order chi connectivity index (χ0) is 12.5. The number of halogens is 1. The molecule has 0 spiro atoms. The molecule has 90 valence electrons. The molecular formula is C12H14ClN3O. The van der Waals surface area contributed by atoms with E-state index in [2.05, 4.69) is 10.1 Å². The first-order valence-electron chi connectivity index (χ1n) is 5.34. The van der Waals surface area contributed by atoms with Crippen molar-refractivity contribution in [2.75, 3.05) is 6.54 Å². The highest BCUT2D eigenvalue weighted by Crippen LogP contribution is 2.27. The Labute approximate surface area is 105 Å². The number of rotatable bonds is 3. The summed E-state index contributed by atoms with van der Waals surface area (Å²) in [6, 6.07) is 7.38. The van der Waals surface area contributed by atoms with Crippen molar-refractivity contribution >= 4 is 11.6 Å². The van der Waals surface area contributed by atoms with E-state index >= 15 is 0 Å². The van der Waals surface area contributed by atoms with Gasteiger partial charge in [-0.1, -0.05) is 28.9 Å². The molecule has 0 aliphatic rings. The van der Waals surface area contributed by atoms with Gasteiger partial charge in [0.2, 0.25) is 11.7 Å². The molecule has 0 fully saturated rings. The van der Waals surface area contributed by atoms with Gasteiger partial charge in [-0.25, -0.2) is 0 Å². The first-order valence-corrected chi connectivity index (χ1v) is 5.71. The third-order valence-corrected chi connectivity index (χ3v) is 2.96. The maximum atomic E-state index is 6.07. The summed E-state index contributed by atoms with van der Waals surface area (Å²) in [6.45, 7) is 4.35. The van der Waals surface area contributed by atoms with Gasteiger partial charge < -0.3 is 10.3 Å². The summed E-state index contributed by atoms with van der Waals surface area (Å²) in [5, 5.41) is 4.54. The Hall–Kier alpha value is -1.39. The summed E-state index contributed by atoms with van der Waals surface area (Å²) >= 11 is 6.07. The van der Waals surface area contributed by atoms with Crippen LogP contribution in [0, 0.1) is 0 Å². The highest BCUT2D eigenvalue weighted by atomic mass is 35.5. The minimum Gasteiger partial charge on any atom is -0.338 e. The molecule has 0 bridgehead atoms. The van der Waals surface area contributed by atoms with Crippen LogP contribution in [0.5, 0.6) is 0 Å². The second kappa shape index (κ2) is 4.47. The van der Waals surface area contributed by atoms with Crippen molar-refractivity contribution < 1.29 is 4.52 Å². The maximum absolute atomic E-state index is 6.07. The molecule has 0 amide bonds. The van der Waals surface area contributed by atoms with E-state index in [0.717, 1.165) is 5.56 Å². The number of hydrogen-bond acceptors (Lipinski definition) is 4. The van der Waals surface area contributed by atoms with E-state index in [0.29, 0.717) is 23.3 Å². The average molecular weight is 252 g/mol. The van der Waals surface area contributed by atoms with Gasteiger partial charge in [-0.2, -0.15) is 4.98 Å². The van der Waals surface area contributed by atoms with Gasteiger partial charge in [-0.05, 0) is 26.0 Å². The van der Waals surface area contributed by atoms with Gasteiger partial charge in [-0.15, -0.1) is 0 Å². The Bertz CT molecular complexity index is 522. The molecule has 0 unspecified atom stereocenters. The monoisotopic (exact) mass is 251 g/mol. The first-order chi connectivity index (χ1) is 8.04. The molecule has 0 aliphatic carbocycles. The molecule has 4 nitrogen and oxygen atoms in total. The number of aromatic nitrogens is 2. The molecule has 5 heteroatoms. The predicted octanol–water partition coefficient (Wildman–Crippen LogP) is 2.63. The van der Waals surface area contributed by atoms with E-state index < -0.39 is 0 Å². The van der Waals surface area contributed by atoms with E-state index in [1.807, 2.05) is 32.0 Å². The summed E-state index contributed by atoms with van der Waals surface area (Å²) < 4.78 is 5.23. The Morgan fingerprint density at radius 3 is 2.71 bits per heavy atom. The summed E-state index contributed by atoms with van der Waals surface area (Å²) in [5.74, 6) is 1.02. The van der Waals surface area contributed by atoms with E-state index in [1.54, 1.807) is 6.07 Å². The van der Waals surface area contributed by atoms with Crippen LogP contribution in [0.4, 0.5) is 0 Å². The number of nitrogens with two attached hydrogens (primary N) is 1. The van der Waals surface area contributed by atoms with Crippen LogP contribution < -0.4 is 5.73 Å². The van der Waals surface area contributed by atoms with Crippen LogP contribution in [0.15, 0.2) is 28.8 Å². The molecular weight excluding hydrogens is 238 g/mol. The van der Waals surface area contributed by atoms with Crippen molar-refractivity contribution in [1.82, 2.24) is 10.1 Å². The average Bonchev–Trinajstić information content (AvgIpc) is 2.79. The summed E-state index contributed by atoms with van der Waals surface area (Å²) in [4.78, 5) is 4.34. The van der Waals surface area contributed by atoms with Crippen LogP contribution in [0.2, 0.25) is 5.02 Å². The van der Waals surface area contributed by atoms with Gasteiger partial charge in [-0.3, -0.25) is 0 Å². The van der Waals surface area contributed by atoms with Crippen LogP contribution in [0.1, 0.15) is 19.7 Å². The molecule has 0 atom stereocenters. The molecule has 0 aliphatic heterocycles. The summed E-state index contributed by atoms with van der Waals surface area (Å²) in [7, 11) is 0. The lowest BCUT2D eigenvalue weighted by Crippen LogP contribution is -2.28. The zero-order valence-electron chi connectivity index (χ0n) is 9.77. The van der Waals surface area contributed by atoms with Gasteiger partial charge in [0.25, 0.3) is 0 Å². The van der Waals surface area contributed by atoms with E-state index in [1.165, 1.54) is 0 Å². The number of hydrogen-bond donors (Lipinski definition) is 1. The third kappa shape index (κ3) is 2.33. The van der Waals surface area contributed by atoms with Gasteiger partial charge in [0, 0.05) is 12.1 Å². The van der Waals surface area contributed by atoms with Crippen LogP contribution in [-0.4, -0.2) is 16.7 Å². The topological polar surface area (TPSA) is 64.9 Å². The normalized spacial score (nSPS) is 11.8. The number of nitrogens with zero attached hydrogens (tertiary/aromatic N) is 2. The lowest BCUT2D eigenvalue weighted by atomic mass is 9.94. The molecule has 0 saturated carbocycles. The largest absolute Gasteiger partial charge is 0.338 e. The fourth-order valence-electron chi connectivity index (χ4n) is 1.34.